The van der Waals surface area contributed by atoms with Crippen molar-refractivity contribution >= 4 is 29.0 Å². The molecule has 92 valence electrons. The molecule has 0 saturated heterocycles. The van der Waals surface area contributed by atoms with Crippen molar-refractivity contribution in [2.45, 2.75) is 0 Å². The van der Waals surface area contributed by atoms with Crippen LogP contribution < -0.4 is 5.73 Å². The van der Waals surface area contributed by atoms with Crippen molar-refractivity contribution < 1.29 is 14.7 Å². The Bertz CT molecular complexity index is 634. The average molecular weight is 265 g/mol. The molecule has 6 heteroatoms. The maximum absolute atomic E-state index is 12.1. The van der Waals surface area contributed by atoms with Gasteiger partial charge >= 0.3 is 5.97 Å². The summed E-state index contributed by atoms with van der Waals surface area (Å²) in [6, 6.07) is 5.81. The smallest absolute Gasteiger partial charge is 0.352 e. The molecule has 0 saturated carbocycles. The van der Waals surface area contributed by atoms with Crippen molar-refractivity contribution in [1.29, 1.82) is 0 Å². The highest BCUT2D eigenvalue weighted by Gasteiger charge is 2.16. The van der Waals surface area contributed by atoms with Crippen molar-refractivity contribution in [1.82, 2.24) is 4.98 Å². The minimum Gasteiger partial charge on any atom is -0.477 e. The number of hydrogen-bond donors (Lipinski definition) is 3. The van der Waals surface area contributed by atoms with E-state index in [9.17, 15) is 9.59 Å². The Morgan fingerprint density at radius 3 is 2.61 bits per heavy atom. The summed E-state index contributed by atoms with van der Waals surface area (Å²) in [5, 5.41) is 9.15. The number of H-pyrrole nitrogens is 1. The third kappa shape index (κ3) is 2.21. The first-order chi connectivity index (χ1) is 8.49. The fourth-order valence-corrected chi connectivity index (χ4v) is 1.70. The molecule has 5 nitrogen and oxygen atoms in total. The van der Waals surface area contributed by atoms with E-state index < -0.39 is 5.97 Å². The molecule has 0 unspecified atom stereocenters. The molecule has 18 heavy (non-hydrogen) atoms. The van der Waals surface area contributed by atoms with Gasteiger partial charge in [0, 0.05) is 28.0 Å². The molecule has 0 amide bonds. The quantitative estimate of drug-likeness (QED) is 0.585. The molecule has 0 fully saturated rings. The summed E-state index contributed by atoms with van der Waals surface area (Å²) in [5.74, 6) is -1.51. The number of carboxylic acids is 1. The normalized spacial score (nSPS) is 10.3. The van der Waals surface area contributed by atoms with Gasteiger partial charge in [0.15, 0.2) is 5.78 Å². The van der Waals surface area contributed by atoms with Gasteiger partial charge in [-0.15, -0.1) is 0 Å². The van der Waals surface area contributed by atoms with Crippen LogP contribution in [0, 0.1) is 0 Å². The average Bonchev–Trinajstić information content (AvgIpc) is 2.81. The van der Waals surface area contributed by atoms with Crippen LogP contribution in [0.4, 0.5) is 5.69 Å². The first-order valence-electron chi connectivity index (χ1n) is 5.00. The molecule has 1 heterocycles. The standard InChI is InChI=1S/C12H9ClN2O3/c13-7-1-2-9(14)8(4-7)11(16)6-3-10(12(17)18)15-5-6/h1-5,15H,14H2,(H,17,18). The molecule has 0 radical (unpaired) electrons. The summed E-state index contributed by atoms with van der Waals surface area (Å²) in [4.78, 5) is 25.3. The largest absolute Gasteiger partial charge is 0.477 e. The summed E-state index contributed by atoms with van der Waals surface area (Å²) in [6.07, 6.45) is 1.33. The second-order valence-corrected chi connectivity index (χ2v) is 4.10. The van der Waals surface area contributed by atoms with Crippen LogP contribution in [0.25, 0.3) is 0 Å². The van der Waals surface area contributed by atoms with Crippen LogP contribution in [0.15, 0.2) is 30.5 Å². The molecule has 0 atom stereocenters. The van der Waals surface area contributed by atoms with Gasteiger partial charge in [-0.3, -0.25) is 4.79 Å². The second kappa shape index (κ2) is 4.54. The van der Waals surface area contributed by atoms with Crippen molar-refractivity contribution in [2.24, 2.45) is 0 Å². The number of anilines is 1. The van der Waals surface area contributed by atoms with Gasteiger partial charge in [0.2, 0.25) is 0 Å². The van der Waals surface area contributed by atoms with Crippen LogP contribution in [0.5, 0.6) is 0 Å². The van der Waals surface area contributed by atoms with Gasteiger partial charge in [-0.2, -0.15) is 0 Å². The SMILES string of the molecule is Nc1ccc(Cl)cc1C(=O)c1c[nH]c(C(=O)O)c1. The molecule has 1 aromatic heterocycles. The third-order valence-corrected chi connectivity index (χ3v) is 2.67. The van der Waals surface area contributed by atoms with Gasteiger partial charge in [0.25, 0.3) is 0 Å². The monoisotopic (exact) mass is 264 g/mol. The lowest BCUT2D eigenvalue weighted by molar-refractivity contribution is 0.0691. The first kappa shape index (κ1) is 12.2. The molecule has 0 aliphatic rings. The van der Waals surface area contributed by atoms with Crippen LogP contribution in [0.1, 0.15) is 26.4 Å². The van der Waals surface area contributed by atoms with E-state index in [-0.39, 0.29) is 22.6 Å². The number of halogens is 1. The van der Waals surface area contributed by atoms with Crippen molar-refractivity contribution in [2.75, 3.05) is 5.73 Å². The fraction of sp³-hybridized carbons (Fsp3) is 0. The first-order valence-corrected chi connectivity index (χ1v) is 5.38. The highest BCUT2D eigenvalue weighted by molar-refractivity contribution is 6.31. The number of benzene rings is 1. The van der Waals surface area contributed by atoms with E-state index in [0.29, 0.717) is 10.7 Å². The number of aromatic nitrogens is 1. The zero-order chi connectivity index (χ0) is 13.3. The van der Waals surface area contributed by atoms with Crippen LogP contribution in [-0.2, 0) is 0 Å². The Kier molecular flexibility index (Phi) is 3.08. The number of nitrogens with one attached hydrogen (secondary N) is 1. The zero-order valence-corrected chi connectivity index (χ0v) is 9.86. The molecule has 2 aromatic rings. The Labute approximate surface area is 107 Å². The van der Waals surface area contributed by atoms with E-state index >= 15 is 0 Å². The molecule has 2 rings (SSSR count). The zero-order valence-electron chi connectivity index (χ0n) is 9.11. The Morgan fingerprint density at radius 1 is 1.28 bits per heavy atom. The van der Waals surface area contributed by atoms with E-state index in [1.807, 2.05) is 0 Å². The van der Waals surface area contributed by atoms with E-state index in [0.717, 1.165) is 0 Å². The van der Waals surface area contributed by atoms with E-state index in [2.05, 4.69) is 4.98 Å². The number of carbonyl (C=O) groups excluding carboxylic acids is 1. The topological polar surface area (TPSA) is 96.2 Å². The summed E-state index contributed by atoms with van der Waals surface area (Å²) < 4.78 is 0. The lowest BCUT2D eigenvalue weighted by Crippen LogP contribution is -2.04. The highest BCUT2D eigenvalue weighted by Crippen LogP contribution is 2.21. The van der Waals surface area contributed by atoms with Crippen LogP contribution in [0.3, 0.4) is 0 Å². The molecule has 0 bridgehead atoms. The number of nitrogens with two attached hydrogens (primary N) is 1. The minimum atomic E-state index is -1.13. The third-order valence-electron chi connectivity index (χ3n) is 2.44. The lowest BCUT2D eigenvalue weighted by atomic mass is 10.0. The molecule has 0 aliphatic heterocycles. The van der Waals surface area contributed by atoms with Gasteiger partial charge in [0.05, 0.1) is 0 Å². The summed E-state index contributed by atoms with van der Waals surface area (Å²) in [6.45, 7) is 0. The number of nitrogen functional groups attached to an aromatic ring is 1. The van der Waals surface area contributed by atoms with Crippen LogP contribution >= 0.6 is 11.6 Å². The molecular formula is C12H9ClN2O3. The predicted molar refractivity (Wildman–Crippen MR) is 67.0 cm³/mol. The molecule has 4 N–H and O–H groups in total. The van der Waals surface area contributed by atoms with Gasteiger partial charge < -0.3 is 15.8 Å². The Hall–Kier alpha value is -2.27. The van der Waals surface area contributed by atoms with E-state index in [1.54, 1.807) is 6.07 Å². The Balaban J connectivity index is 2.41. The molecule has 1 aromatic carbocycles. The fourth-order valence-electron chi connectivity index (χ4n) is 1.53. The number of carbonyl (C=O) groups is 2. The number of rotatable bonds is 3. The summed E-state index contributed by atoms with van der Waals surface area (Å²) in [5.41, 5.74) is 6.40. The maximum atomic E-state index is 12.1. The second-order valence-electron chi connectivity index (χ2n) is 3.67. The molecule has 0 aliphatic carbocycles. The molecular weight excluding hydrogens is 256 g/mol. The number of carboxylic acid groups (broad SMARTS) is 1. The number of aromatic carboxylic acids is 1. The molecule has 0 spiro atoms. The minimum absolute atomic E-state index is 0.0565. The van der Waals surface area contributed by atoms with Gasteiger partial charge in [-0.25, -0.2) is 4.79 Å². The predicted octanol–water partition coefficient (Wildman–Crippen LogP) is 2.18. The number of hydrogen-bond acceptors (Lipinski definition) is 3. The van der Waals surface area contributed by atoms with Crippen molar-refractivity contribution in [3.8, 4) is 0 Å². The van der Waals surface area contributed by atoms with E-state index in [1.165, 1.54) is 24.4 Å². The number of aromatic amines is 1. The highest BCUT2D eigenvalue weighted by atomic mass is 35.5. The summed E-state index contributed by atoms with van der Waals surface area (Å²) >= 11 is 5.79. The van der Waals surface area contributed by atoms with Gasteiger partial charge in [-0.05, 0) is 24.3 Å². The summed E-state index contributed by atoms with van der Waals surface area (Å²) in [7, 11) is 0. The van der Waals surface area contributed by atoms with Crippen LogP contribution in [0.2, 0.25) is 5.02 Å². The van der Waals surface area contributed by atoms with Crippen molar-refractivity contribution in [3.05, 3.63) is 52.3 Å². The maximum Gasteiger partial charge on any atom is 0.352 e. The van der Waals surface area contributed by atoms with Crippen molar-refractivity contribution in [3.63, 3.8) is 0 Å². The lowest BCUT2D eigenvalue weighted by Gasteiger charge is -2.03. The van der Waals surface area contributed by atoms with Gasteiger partial charge in [0.1, 0.15) is 5.69 Å². The van der Waals surface area contributed by atoms with E-state index in [4.69, 9.17) is 22.4 Å². The van der Waals surface area contributed by atoms with Crippen LogP contribution in [-0.4, -0.2) is 21.8 Å². The van der Waals surface area contributed by atoms with Gasteiger partial charge in [-0.1, -0.05) is 11.6 Å². The Morgan fingerprint density at radius 2 is 2.00 bits per heavy atom. The number of ketones is 1.